The normalized spacial score (nSPS) is 13.2. The first-order valence-electron chi connectivity index (χ1n) is 14.4. The van der Waals surface area contributed by atoms with Crippen LogP contribution >= 0.6 is 23.4 Å². The molecule has 0 radical (unpaired) electrons. The molecule has 0 saturated carbocycles. The van der Waals surface area contributed by atoms with E-state index in [9.17, 15) is 13.2 Å². The molecular formula is C33H42ClNO8S2. The van der Waals surface area contributed by atoms with E-state index in [0.29, 0.717) is 30.9 Å². The Bertz CT molecular complexity index is 1480. The van der Waals surface area contributed by atoms with Gasteiger partial charge in [0, 0.05) is 21.9 Å². The van der Waals surface area contributed by atoms with Gasteiger partial charge in [0.05, 0.1) is 25.0 Å². The van der Waals surface area contributed by atoms with Gasteiger partial charge in [-0.1, -0.05) is 65.8 Å². The van der Waals surface area contributed by atoms with Crippen molar-refractivity contribution in [3.05, 3.63) is 88.9 Å². The highest BCUT2D eigenvalue weighted by atomic mass is 35.5. The van der Waals surface area contributed by atoms with E-state index in [2.05, 4.69) is 5.32 Å². The number of ether oxygens (including phenoxy) is 4. The minimum absolute atomic E-state index is 0.0519. The van der Waals surface area contributed by atoms with Crippen molar-refractivity contribution in [1.82, 2.24) is 5.32 Å². The van der Waals surface area contributed by atoms with Crippen LogP contribution in [-0.2, 0) is 41.5 Å². The van der Waals surface area contributed by atoms with Crippen molar-refractivity contribution in [2.24, 2.45) is 0 Å². The number of halogens is 1. The number of carbonyl (C=O) groups is 1. The molecule has 0 heterocycles. The third-order valence-corrected chi connectivity index (χ3v) is 8.19. The molecule has 1 atom stereocenters. The predicted molar refractivity (Wildman–Crippen MR) is 176 cm³/mol. The van der Waals surface area contributed by atoms with E-state index in [4.69, 9.17) is 34.7 Å². The van der Waals surface area contributed by atoms with E-state index in [1.165, 1.54) is 7.11 Å². The van der Waals surface area contributed by atoms with Crippen LogP contribution in [0, 0.1) is 0 Å². The van der Waals surface area contributed by atoms with Crippen LogP contribution in [0.1, 0.15) is 44.7 Å². The molecule has 9 nitrogen and oxygen atoms in total. The summed E-state index contributed by atoms with van der Waals surface area (Å²) in [6.07, 6.45) is 1.65. The summed E-state index contributed by atoms with van der Waals surface area (Å²) in [4.78, 5) is 14.8. The summed E-state index contributed by atoms with van der Waals surface area (Å²) in [6.45, 7) is 5.25. The molecule has 12 heteroatoms. The van der Waals surface area contributed by atoms with Gasteiger partial charge in [-0.25, -0.2) is 4.79 Å². The van der Waals surface area contributed by atoms with E-state index in [0.717, 1.165) is 32.9 Å². The van der Waals surface area contributed by atoms with E-state index in [-0.39, 0.29) is 20.0 Å². The fourth-order valence-electron chi connectivity index (χ4n) is 4.30. The molecule has 3 aromatic rings. The lowest BCUT2D eigenvalue weighted by atomic mass is 9.93. The van der Waals surface area contributed by atoms with Crippen LogP contribution in [0.2, 0.25) is 5.02 Å². The number of amides is 1. The van der Waals surface area contributed by atoms with Crippen molar-refractivity contribution < 1.29 is 36.3 Å². The lowest BCUT2D eigenvalue weighted by Gasteiger charge is -2.34. The maximum absolute atomic E-state index is 12.8. The summed E-state index contributed by atoms with van der Waals surface area (Å²) in [5.41, 5.74) is 0.0417. The number of nitrogens with one attached hydrogen (secondary N) is 1. The first-order valence-corrected chi connectivity index (χ1v) is 17.4. The number of aryl methyl sites for hydroxylation is 1. The second kappa shape index (κ2) is 17.2. The average Bonchev–Trinajstić information content (AvgIpc) is 2.96. The number of benzene rings is 3. The Balaban J connectivity index is 1.67. The monoisotopic (exact) mass is 679 g/mol. The number of carbonyl (C=O) groups excluding carboxylic acids is 1. The van der Waals surface area contributed by atoms with Gasteiger partial charge in [-0.05, 0) is 81.5 Å². The van der Waals surface area contributed by atoms with Gasteiger partial charge in [-0.2, -0.15) is 8.42 Å². The summed E-state index contributed by atoms with van der Waals surface area (Å²) in [6, 6.07) is 23.8. The largest absolute Gasteiger partial charge is 0.489 e. The highest BCUT2D eigenvalue weighted by molar-refractivity contribution is 7.99. The molecule has 1 amide bonds. The molecule has 0 fully saturated rings. The van der Waals surface area contributed by atoms with Gasteiger partial charge in [0.2, 0.25) is 0 Å². The van der Waals surface area contributed by atoms with Crippen LogP contribution in [0.4, 0.5) is 4.79 Å². The highest BCUT2D eigenvalue weighted by Gasteiger charge is 2.36. The summed E-state index contributed by atoms with van der Waals surface area (Å²) in [7, 11) is -2.33. The fourth-order valence-corrected chi connectivity index (χ4v) is 5.98. The van der Waals surface area contributed by atoms with Gasteiger partial charge >= 0.3 is 6.09 Å². The molecule has 0 aliphatic heterocycles. The van der Waals surface area contributed by atoms with E-state index in [1.807, 2.05) is 72.8 Å². The highest BCUT2D eigenvalue weighted by Crippen LogP contribution is 2.33. The zero-order valence-electron chi connectivity index (χ0n) is 26.3. The molecule has 0 aliphatic carbocycles. The Morgan fingerprint density at radius 2 is 1.69 bits per heavy atom. The molecule has 0 aromatic heterocycles. The van der Waals surface area contributed by atoms with Gasteiger partial charge in [0.25, 0.3) is 10.1 Å². The SMILES string of the molecule is COCOCC(CCCc1ccc(Sc2cccc(OCc3ccccc3)c2)cc1Cl)(COS(C)(=O)=O)NC(=O)OC(C)(C)C. The topological polar surface area (TPSA) is 109 Å². The minimum atomic E-state index is -3.80. The molecule has 3 rings (SSSR count). The number of hydrogen-bond acceptors (Lipinski definition) is 9. The van der Waals surface area contributed by atoms with Crippen molar-refractivity contribution in [3.8, 4) is 5.75 Å². The number of methoxy groups -OCH3 is 1. The number of alkyl carbamates (subject to hydrolysis) is 1. The molecule has 0 saturated heterocycles. The van der Waals surface area contributed by atoms with Crippen molar-refractivity contribution in [2.75, 3.05) is 33.4 Å². The van der Waals surface area contributed by atoms with Crippen LogP contribution in [0.5, 0.6) is 5.75 Å². The van der Waals surface area contributed by atoms with Crippen molar-refractivity contribution in [2.45, 2.75) is 67.6 Å². The van der Waals surface area contributed by atoms with Gasteiger partial charge in [-0.3, -0.25) is 4.18 Å². The molecule has 0 spiro atoms. The third-order valence-electron chi connectivity index (χ3n) is 6.31. The van der Waals surface area contributed by atoms with Gasteiger partial charge in [0.1, 0.15) is 24.8 Å². The quantitative estimate of drug-likeness (QED) is 0.0896. The van der Waals surface area contributed by atoms with Crippen LogP contribution in [0.3, 0.4) is 0 Å². The molecule has 3 aromatic carbocycles. The summed E-state index contributed by atoms with van der Waals surface area (Å²) in [5, 5.41) is 3.40. The predicted octanol–water partition coefficient (Wildman–Crippen LogP) is 7.25. The molecule has 246 valence electrons. The third kappa shape index (κ3) is 14.0. The molecule has 1 N–H and O–H groups in total. The smallest absolute Gasteiger partial charge is 0.408 e. The van der Waals surface area contributed by atoms with Crippen LogP contribution in [0.25, 0.3) is 0 Å². The minimum Gasteiger partial charge on any atom is -0.489 e. The Morgan fingerprint density at radius 3 is 2.36 bits per heavy atom. The molecule has 45 heavy (non-hydrogen) atoms. The molecule has 1 unspecified atom stereocenters. The lowest BCUT2D eigenvalue weighted by molar-refractivity contribution is -0.0627. The van der Waals surface area contributed by atoms with E-state index < -0.39 is 27.4 Å². The maximum Gasteiger partial charge on any atom is 0.408 e. The van der Waals surface area contributed by atoms with Crippen LogP contribution < -0.4 is 10.1 Å². The first kappa shape index (κ1) is 36.7. The number of hydrogen-bond donors (Lipinski definition) is 1. The average molecular weight is 680 g/mol. The van der Waals surface area contributed by atoms with Crippen molar-refractivity contribution >= 4 is 39.6 Å². The van der Waals surface area contributed by atoms with E-state index in [1.54, 1.807) is 32.5 Å². The number of rotatable bonds is 17. The van der Waals surface area contributed by atoms with Crippen LogP contribution in [0.15, 0.2) is 82.6 Å². The second-order valence-electron chi connectivity index (χ2n) is 11.6. The second-order valence-corrected chi connectivity index (χ2v) is 14.8. The lowest BCUT2D eigenvalue weighted by Crippen LogP contribution is -2.56. The van der Waals surface area contributed by atoms with E-state index >= 15 is 0 Å². The standard InChI is InChI=1S/C33H42ClNO8S2/c1-32(2,3)43-31(36)35-33(22-40-24-39-4,23-42-45(5,37)38)18-10-13-26-16-17-29(20-30(26)34)44-28-15-9-14-27(19-28)41-21-25-11-7-6-8-12-25/h6-9,11-12,14-17,19-20H,10,13,18,21-24H2,1-5H3,(H,35,36). The van der Waals surface area contributed by atoms with Gasteiger partial charge < -0.3 is 24.3 Å². The summed E-state index contributed by atoms with van der Waals surface area (Å²) in [5.74, 6) is 0.782. The molecule has 0 aliphatic rings. The van der Waals surface area contributed by atoms with Gasteiger partial charge in [-0.15, -0.1) is 0 Å². The zero-order chi connectivity index (χ0) is 32.9. The summed E-state index contributed by atoms with van der Waals surface area (Å²) >= 11 is 8.28. The first-order chi connectivity index (χ1) is 21.3. The fraction of sp³-hybridized carbons (Fsp3) is 0.424. The van der Waals surface area contributed by atoms with Crippen molar-refractivity contribution in [3.63, 3.8) is 0 Å². The Kier molecular flexibility index (Phi) is 14.0. The Morgan fingerprint density at radius 1 is 0.956 bits per heavy atom. The van der Waals surface area contributed by atoms with Crippen LogP contribution in [-0.4, -0.2) is 59.0 Å². The molecule has 0 bridgehead atoms. The Hall–Kier alpha value is -2.80. The zero-order valence-corrected chi connectivity index (χ0v) is 28.7. The van der Waals surface area contributed by atoms with Crippen molar-refractivity contribution in [1.29, 1.82) is 0 Å². The Labute approximate surface area is 276 Å². The van der Waals surface area contributed by atoms with Gasteiger partial charge in [0.15, 0.2) is 0 Å². The maximum atomic E-state index is 12.8. The molecular weight excluding hydrogens is 638 g/mol. The summed E-state index contributed by atoms with van der Waals surface area (Å²) < 4.78 is 50.9.